The first-order valence-corrected chi connectivity index (χ1v) is 16.2. The molecule has 0 fully saturated rings. The molecule has 7 nitrogen and oxygen atoms in total. The fourth-order valence-electron chi connectivity index (χ4n) is 4.47. The number of sulfonamides is 1. The zero-order valence-electron chi connectivity index (χ0n) is 24.7. The average Bonchev–Trinajstić information content (AvgIpc) is 2.96. The predicted octanol–water partition coefficient (Wildman–Crippen LogP) is 6.89. The Bertz CT molecular complexity index is 1440. The molecule has 0 aliphatic heterocycles. The van der Waals surface area contributed by atoms with Crippen molar-refractivity contribution < 1.29 is 18.0 Å². The third-order valence-corrected chi connectivity index (χ3v) is 9.41. The summed E-state index contributed by atoms with van der Waals surface area (Å²) >= 11 is 12.9. The Hall–Kier alpha value is -3.07. The molecule has 3 rings (SSSR count). The maximum atomic E-state index is 14.2. The van der Waals surface area contributed by atoms with E-state index in [4.69, 9.17) is 23.2 Å². The number of nitrogens with one attached hydrogen (secondary N) is 1. The molecule has 3 aromatic carbocycles. The van der Waals surface area contributed by atoms with Gasteiger partial charge in [0.15, 0.2) is 0 Å². The Morgan fingerprint density at radius 2 is 1.45 bits per heavy atom. The topological polar surface area (TPSA) is 86.8 Å². The van der Waals surface area contributed by atoms with Crippen molar-refractivity contribution in [2.45, 2.75) is 64.4 Å². The van der Waals surface area contributed by atoms with Gasteiger partial charge >= 0.3 is 0 Å². The minimum atomic E-state index is -4.15. The van der Waals surface area contributed by atoms with Gasteiger partial charge in [-0.15, -0.1) is 0 Å². The van der Waals surface area contributed by atoms with Gasteiger partial charge < -0.3 is 10.2 Å². The van der Waals surface area contributed by atoms with Crippen molar-refractivity contribution in [2.24, 2.45) is 5.92 Å². The molecular weight excluding hydrogens is 593 g/mol. The van der Waals surface area contributed by atoms with Gasteiger partial charge in [0.05, 0.1) is 10.6 Å². The second-order valence-corrected chi connectivity index (χ2v) is 13.5. The third-order valence-electron chi connectivity index (χ3n) is 6.92. The van der Waals surface area contributed by atoms with Gasteiger partial charge in [0.1, 0.15) is 12.6 Å². The minimum Gasteiger partial charge on any atom is -0.354 e. The second kappa shape index (κ2) is 14.9. The van der Waals surface area contributed by atoms with E-state index in [2.05, 4.69) is 5.32 Å². The van der Waals surface area contributed by atoms with E-state index < -0.39 is 28.5 Å². The lowest BCUT2D eigenvalue weighted by molar-refractivity contribution is -0.140. The lowest BCUT2D eigenvalue weighted by atomic mass is 10.0. The van der Waals surface area contributed by atoms with E-state index >= 15 is 0 Å². The molecule has 42 heavy (non-hydrogen) atoms. The smallest absolute Gasteiger partial charge is 0.264 e. The highest BCUT2D eigenvalue weighted by Crippen LogP contribution is 2.29. The molecular formula is C32H39Cl2N3O4S. The summed E-state index contributed by atoms with van der Waals surface area (Å²) in [5.41, 5.74) is 1.85. The number of hydrogen-bond acceptors (Lipinski definition) is 4. The number of carbonyl (C=O) groups excluding carboxylic acids is 2. The molecule has 1 N–H and O–H groups in total. The van der Waals surface area contributed by atoms with Crippen LogP contribution in [0, 0.1) is 5.92 Å². The molecule has 0 radical (unpaired) electrons. The van der Waals surface area contributed by atoms with Crippen LogP contribution >= 0.6 is 23.2 Å². The van der Waals surface area contributed by atoms with Gasteiger partial charge in [-0.25, -0.2) is 8.42 Å². The number of nitrogens with zero attached hydrogens (tertiary/aromatic N) is 2. The second-order valence-electron chi connectivity index (χ2n) is 10.9. The number of hydrogen-bond donors (Lipinski definition) is 1. The van der Waals surface area contributed by atoms with E-state index in [0.29, 0.717) is 34.3 Å². The number of benzene rings is 3. The van der Waals surface area contributed by atoms with E-state index in [-0.39, 0.29) is 29.2 Å². The molecule has 0 aliphatic carbocycles. The van der Waals surface area contributed by atoms with Crippen molar-refractivity contribution in [3.8, 4) is 0 Å². The van der Waals surface area contributed by atoms with Crippen LogP contribution in [0.1, 0.15) is 58.1 Å². The summed E-state index contributed by atoms with van der Waals surface area (Å²) in [6.45, 7) is 9.67. The molecule has 0 aliphatic rings. The van der Waals surface area contributed by atoms with E-state index in [1.54, 1.807) is 55.5 Å². The molecule has 10 heteroatoms. The van der Waals surface area contributed by atoms with Gasteiger partial charge in [0, 0.05) is 28.7 Å². The Kier molecular flexibility index (Phi) is 11.9. The monoisotopic (exact) mass is 631 g/mol. The van der Waals surface area contributed by atoms with Gasteiger partial charge in [-0.1, -0.05) is 94.2 Å². The highest BCUT2D eigenvalue weighted by molar-refractivity contribution is 7.92. The lowest BCUT2D eigenvalue weighted by Crippen LogP contribution is -2.52. The van der Waals surface area contributed by atoms with E-state index in [1.807, 2.05) is 39.8 Å². The van der Waals surface area contributed by atoms with Crippen molar-refractivity contribution in [2.75, 3.05) is 17.4 Å². The Morgan fingerprint density at radius 3 is 1.98 bits per heavy atom. The van der Waals surface area contributed by atoms with Crippen LogP contribution in [-0.2, 0) is 26.2 Å². The van der Waals surface area contributed by atoms with E-state index in [9.17, 15) is 18.0 Å². The molecule has 3 aromatic rings. The highest BCUT2D eigenvalue weighted by Gasteiger charge is 2.34. The molecule has 0 heterocycles. The Morgan fingerprint density at radius 1 is 0.857 bits per heavy atom. The van der Waals surface area contributed by atoms with Crippen LogP contribution in [0.4, 0.5) is 5.69 Å². The molecule has 0 spiro atoms. The normalized spacial score (nSPS) is 12.3. The van der Waals surface area contributed by atoms with Gasteiger partial charge in [-0.3, -0.25) is 13.9 Å². The van der Waals surface area contributed by atoms with Crippen LogP contribution in [0.25, 0.3) is 0 Å². The molecule has 226 valence electrons. The number of amides is 2. The third kappa shape index (κ3) is 8.27. The maximum Gasteiger partial charge on any atom is 0.264 e. The summed E-state index contributed by atoms with van der Waals surface area (Å²) in [6.07, 6.45) is 0.298. The number of rotatable bonds is 13. The molecule has 0 bridgehead atoms. The summed E-state index contributed by atoms with van der Waals surface area (Å²) in [7, 11) is -4.15. The van der Waals surface area contributed by atoms with Crippen LogP contribution in [0.15, 0.2) is 77.7 Å². The molecule has 0 unspecified atom stereocenters. The van der Waals surface area contributed by atoms with E-state index in [0.717, 1.165) is 9.87 Å². The van der Waals surface area contributed by atoms with Crippen molar-refractivity contribution in [3.05, 3.63) is 94.0 Å². The summed E-state index contributed by atoms with van der Waals surface area (Å²) in [5, 5.41) is 3.60. The van der Waals surface area contributed by atoms with Gasteiger partial charge in [-0.05, 0) is 60.2 Å². The molecule has 0 aromatic heterocycles. The quantitative estimate of drug-likeness (QED) is 0.222. The lowest BCUT2D eigenvalue weighted by Gasteiger charge is -2.33. The number of carbonyl (C=O) groups is 2. The highest BCUT2D eigenvalue weighted by atomic mass is 35.5. The summed E-state index contributed by atoms with van der Waals surface area (Å²) in [6, 6.07) is 19.2. The van der Waals surface area contributed by atoms with Crippen LogP contribution in [0.5, 0.6) is 0 Å². The predicted molar refractivity (Wildman–Crippen MR) is 170 cm³/mol. The Labute approximate surface area is 259 Å². The molecule has 0 saturated heterocycles. The molecule has 1 atom stereocenters. The van der Waals surface area contributed by atoms with Crippen LogP contribution in [0.2, 0.25) is 10.0 Å². The van der Waals surface area contributed by atoms with Gasteiger partial charge in [-0.2, -0.15) is 0 Å². The standard InChI is InChI=1S/C32H39Cl2N3O4S/c1-6-30(32(39)35-19-22(2)3)36(20-27-28(33)13-10-14-29(27)34)31(38)21-37(25-17-15-24(16-18-25)23(4)5)42(40,41)26-11-8-7-9-12-26/h7-18,22-23,30H,6,19-21H2,1-5H3,(H,35,39)/t30-/m0/s1. The maximum absolute atomic E-state index is 14.2. The molecule has 2 amide bonds. The van der Waals surface area contributed by atoms with Crippen molar-refractivity contribution in [1.29, 1.82) is 0 Å². The summed E-state index contributed by atoms with van der Waals surface area (Å²) in [4.78, 5) is 29.0. The Balaban J connectivity index is 2.09. The minimum absolute atomic E-state index is 0.0492. The average molecular weight is 633 g/mol. The van der Waals surface area contributed by atoms with Crippen LogP contribution in [-0.4, -0.2) is 44.3 Å². The first kappa shape index (κ1) is 33.4. The van der Waals surface area contributed by atoms with Crippen LogP contribution < -0.4 is 9.62 Å². The van der Waals surface area contributed by atoms with Gasteiger partial charge in [0.25, 0.3) is 10.0 Å². The zero-order chi connectivity index (χ0) is 31.0. The SMILES string of the molecule is CC[C@@H](C(=O)NCC(C)C)N(Cc1c(Cl)cccc1Cl)C(=O)CN(c1ccc(C(C)C)cc1)S(=O)(=O)c1ccccc1. The van der Waals surface area contributed by atoms with Crippen molar-refractivity contribution >= 4 is 50.7 Å². The van der Waals surface area contributed by atoms with Crippen LogP contribution in [0.3, 0.4) is 0 Å². The van der Waals surface area contributed by atoms with Crippen molar-refractivity contribution in [1.82, 2.24) is 10.2 Å². The van der Waals surface area contributed by atoms with E-state index in [1.165, 1.54) is 17.0 Å². The number of anilines is 1. The van der Waals surface area contributed by atoms with Gasteiger partial charge in [0.2, 0.25) is 11.8 Å². The largest absolute Gasteiger partial charge is 0.354 e. The first-order valence-electron chi connectivity index (χ1n) is 14.0. The number of halogens is 2. The summed E-state index contributed by atoms with van der Waals surface area (Å²) < 4.78 is 29.0. The fourth-order valence-corrected chi connectivity index (χ4v) is 6.42. The van der Waals surface area contributed by atoms with Crippen molar-refractivity contribution in [3.63, 3.8) is 0 Å². The molecule has 0 saturated carbocycles. The first-order chi connectivity index (χ1) is 19.9. The summed E-state index contributed by atoms with van der Waals surface area (Å²) in [5.74, 6) is -0.453. The zero-order valence-corrected chi connectivity index (χ0v) is 27.0. The fraction of sp³-hybridized carbons (Fsp3) is 0.375.